The molecule has 5 N–H and O–H groups in total. The van der Waals surface area contributed by atoms with E-state index in [0.29, 0.717) is 18.2 Å². The van der Waals surface area contributed by atoms with Crippen molar-refractivity contribution >= 4 is 104 Å². The lowest BCUT2D eigenvalue weighted by Gasteiger charge is -2.22. The van der Waals surface area contributed by atoms with Gasteiger partial charge in [0.2, 0.25) is 11.1 Å². The first-order valence-corrected chi connectivity index (χ1v) is 20.4. The van der Waals surface area contributed by atoms with E-state index in [9.17, 15) is 62.3 Å². The van der Waals surface area contributed by atoms with E-state index < -0.39 is 80.5 Å². The summed E-state index contributed by atoms with van der Waals surface area (Å²) in [5, 5.41) is 2.10. The quantitative estimate of drug-likeness (QED) is 0.108. The highest BCUT2D eigenvalue weighted by molar-refractivity contribution is 9.11. The number of benzene rings is 4. The first-order valence-electron chi connectivity index (χ1n) is 16.8. The van der Waals surface area contributed by atoms with Gasteiger partial charge in [-0.05, 0) is 143 Å². The van der Waals surface area contributed by atoms with Crippen molar-refractivity contribution in [1.82, 2.24) is 0 Å². The lowest BCUT2D eigenvalue weighted by Crippen LogP contribution is -2.28. The Labute approximate surface area is 380 Å². The van der Waals surface area contributed by atoms with E-state index in [1.165, 1.54) is 6.92 Å². The predicted molar refractivity (Wildman–Crippen MR) is 227 cm³/mol. The molecule has 0 unspecified atom stereocenters. The molecule has 4 aromatic carbocycles. The van der Waals surface area contributed by atoms with E-state index in [-0.39, 0.29) is 51.2 Å². The Balaban J connectivity index is 0.000000369. The summed E-state index contributed by atoms with van der Waals surface area (Å²) >= 11 is 17.2. The largest absolute Gasteiger partial charge is 0.417 e. The molecule has 0 aliphatic carbocycles. The molecular weight excluding hydrogens is 1130 g/mol. The second-order valence-electron chi connectivity index (χ2n) is 15.1. The SMILES string of the molecule is CC(C)(C)C(=O)Cl.Cc1cc(C(F)(F)F)c(-c2cc(Br)c(NC(=O)C(C)(C)C)cc2C(F)(F)F)cc1Br.Nc1cc(C(F)(F)F)c(-c2cc(Br)c(N)cc2C(F)(F)F)cc1Br. The van der Waals surface area contributed by atoms with Gasteiger partial charge >= 0.3 is 24.7 Å². The number of hydrogen-bond acceptors (Lipinski definition) is 4. The molecule has 4 rings (SSSR count). The molecule has 0 atom stereocenters. The predicted octanol–water partition coefficient (Wildman–Crippen LogP) is 16.1. The molecule has 1 amide bonds. The first kappa shape index (κ1) is 54.1. The van der Waals surface area contributed by atoms with Crippen molar-refractivity contribution in [3.05, 3.63) is 94.2 Å². The zero-order valence-electron chi connectivity index (χ0n) is 32.5. The fourth-order valence-electron chi connectivity index (χ4n) is 4.67. The monoisotopic (exact) mass is 1150 g/mol. The van der Waals surface area contributed by atoms with Crippen LogP contribution in [0.25, 0.3) is 22.3 Å². The van der Waals surface area contributed by atoms with E-state index in [1.807, 2.05) is 0 Å². The molecule has 4 aromatic rings. The average Bonchev–Trinajstić information content (AvgIpc) is 3.06. The van der Waals surface area contributed by atoms with Gasteiger partial charge < -0.3 is 16.8 Å². The highest BCUT2D eigenvalue weighted by Gasteiger charge is 2.41. The molecular formula is C39H34Br4ClF12N3O2. The third-order valence-corrected chi connectivity index (χ3v) is 11.5. The van der Waals surface area contributed by atoms with Gasteiger partial charge in [-0.15, -0.1) is 0 Å². The lowest BCUT2D eigenvalue weighted by molar-refractivity contribution is -0.139. The number of hydrogen-bond donors (Lipinski definition) is 3. The van der Waals surface area contributed by atoms with Crippen molar-refractivity contribution in [1.29, 1.82) is 0 Å². The molecule has 5 nitrogen and oxygen atoms in total. The molecule has 0 radical (unpaired) electrons. The van der Waals surface area contributed by atoms with E-state index in [2.05, 4.69) is 69.0 Å². The number of alkyl halides is 12. The van der Waals surface area contributed by atoms with Crippen LogP contribution in [-0.2, 0) is 34.3 Å². The minimum atomic E-state index is -4.96. The van der Waals surface area contributed by atoms with Crippen molar-refractivity contribution in [2.75, 3.05) is 16.8 Å². The van der Waals surface area contributed by atoms with Gasteiger partial charge in [0.1, 0.15) is 0 Å². The fraction of sp³-hybridized carbons (Fsp3) is 0.333. The summed E-state index contributed by atoms with van der Waals surface area (Å²) in [5.41, 5.74) is 1.56. The van der Waals surface area contributed by atoms with Gasteiger partial charge in [0.05, 0.1) is 27.9 Å². The van der Waals surface area contributed by atoms with E-state index in [1.54, 1.807) is 41.5 Å². The van der Waals surface area contributed by atoms with Gasteiger partial charge in [0.15, 0.2) is 0 Å². The van der Waals surface area contributed by atoms with Gasteiger partial charge in [-0.3, -0.25) is 9.59 Å². The number of nitrogens with one attached hydrogen (secondary N) is 1. The van der Waals surface area contributed by atoms with Crippen LogP contribution < -0.4 is 16.8 Å². The van der Waals surface area contributed by atoms with Gasteiger partial charge in [-0.25, -0.2) is 0 Å². The van der Waals surface area contributed by atoms with Crippen LogP contribution in [0.15, 0.2) is 66.4 Å². The summed E-state index contributed by atoms with van der Waals surface area (Å²) in [5.74, 6) is -0.543. The summed E-state index contributed by atoms with van der Waals surface area (Å²) in [4.78, 5) is 22.4. The number of amides is 1. The van der Waals surface area contributed by atoms with Crippen molar-refractivity contribution in [2.24, 2.45) is 10.8 Å². The van der Waals surface area contributed by atoms with E-state index >= 15 is 0 Å². The number of halogens is 17. The first-order chi connectivity index (χ1) is 27.2. The highest BCUT2D eigenvalue weighted by Crippen LogP contribution is 2.48. The number of carbonyl (C=O) groups is 2. The molecule has 0 fully saturated rings. The summed E-state index contributed by atoms with van der Waals surface area (Å²) in [7, 11) is 0. The summed E-state index contributed by atoms with van der Waals surface area (Å²) < 4.78 is 162. The Morgan fingerprint density at radius 1 is 0.492 bits per heavy atom. The maximum absolute atomic E-state index is 13.8. The smallest absolute Gasteiger partial charge is 0.398 e. The molecule has 0 spiro atoms. The number of nitrogen functional groups attached to an aromatic ring is 2. The molecule has 336 valence electrons. The Morgan fingerprint density at radius 2 is 0.770 bits per heavy atom. The Hall–Kier alpha value is -3.01. The minimum absolute atomic E-state index is 0.0212. The Morgan fingerprint density at radius 3 is 1.07 bits per heavy atom. The van der Waals surface area contributed by atoms with Crippen LogP contribution in [0, 0.1) is 17.8 Å². The van der Waals surface area contributed by atoms with Gasteiger partial charge in [0.25, 0.3) is 0 Å². The number of carbonyl (C=O) groups excluding carboxylic acids is 2. The molecule has 0 saturated heterocycles. The second kappa shape index (κ2) is 19.4. The van der Waals surface area contributed by atoms with Crippen LogP contribution in [0.5, 0.6) is 0 Å². The van der Waals surface area contributed by atoms with Crippen molar-refractivity contribution in [3.63, 3.8) is 0 Å². The molecule has 0 heterocycles. The Kier molecular flexibility index (Phi) is 17.2. The summed E-state index contributed by atoms with van der Waals surface area (Å²) in [6.45, 7) is 11.5. The normalized spacial score (nSPS) is 12.5. The van der Waals surface area contributed by atoms with Gasteiger partial charge in [0, 0.05) is 40.1 Å². The van der Waals surface area contributed by atoms with E-state index in [4.69, 9.17) is 23.1 Å². The molecule has 61 heavy (non-hydrogen) atoms. The third kappa shape index (κ3) is 14.5. The third-order valence-electron chi connectivity index (χ3n) is 8.00. The second-order valence-corrected chi connectivity index (χ2v) is 18.8. The number of nitrogens with two attached hydrogens (primary N) is 2. The van der Waals surface area contributed by atoms with Gasteiger partial charge in [-0.1, -0.05) is 57.5 Å². The topological polar surface area (TPSA) is 98.2 Å². The van der Waals surface area contributed by atoms with Gasteiger partial charge in [-0.2, -0.15) is 52.7 Å². The molecule has 0 bridgehead atoms. The molecule has 0 saturated carbocycles. The minimum Gasteiger partial charge on any atom is -0.398 e. The fourth-order valence-corrected chi connectivity index (χ4v) is 6.14. The number of aryl methyl sites for hydroxylation is 1. The molecule has 0 aromatic heterocycles. The average molecular weight is 1160 g/mol. The summed E-state index contributed by atoms with van der Waals surface area (Å²) in [6, 6.07) is 6.38. The standard InChI is InChI=1S/C20H17Br2F6NO.C14H8Br2F6N2.C5H9ClO/c1-9-5-12(19(23,24)25)10(6-14(9)21)11-7-15(22)16(8-13(11)20(26,27)28)29-17(30)18(2,3)4;15-9-1-5(7(3-11(9)23)13(17,18)19)6-2-10(16)12(24)4-8(6)14(20,21)22;1-5(2,3)4(6)7/h5-8H,1-4H3,(H,29,30);1-4H,23-24H2;1-3H3. The number of rotatable bonds is 3. The molecule has 22 heteroatoms. The van der Waals surface area contributed by atoms with Crippen LogP contribution in [0.2, 0.25) is 0 Å². The molecule has 0 aliphatic heterocycles. The van der Waals surface area contributed by atoms with Crippen molar-refractivity contribution in [2.45, 2.75) is 73.2 Å². The zero-order valence-corrected chi connectivity index (χ0v) is 39.6. The number of anilines is 3. The maximum atomic E-state index is 13.8. The lowest BCUT2D eigenvalue weighted by atomic mass is 9.92. The van der Waals surface area contributed by atoms with Crippen LogP contribution in [0.4, 0.5) is 69.7 Å². The highest BCUT2D eigenvalue weighted by atomic mass is 79.9. The Bertz CT molecular complexity index is 2230. The van der Waals surface area contributed by atoms with Crippen molar-refractivity contribution in [3.8, 4) is 22.3 Å². The molecule has 0 aliphatic rings. The van der Waals surface area contributed by atoms with E-state index in [0.717, 1.165) is 30.3 Å². The zero-order chi connectivity index (χ0) is 47.8. The van der Waals surface area contributed by atoms with Crippen LogP contribution in [-0.4, -0.2) is 11.1 Å². The summed E-state index contributed by atoms with van der Waals surface area (Å²) in [6.07, 6.45) is -19.6. The van der Waals surface area contributed by atoms with Crippen LogP contribution in [0.1, 0.15) is 69.4 Å². The van der Waals surface area contributed by atoms with Crippen LogP contribution >= 0.6 is 75.3 Å². The van der Waals surface area contributed by atoms with Crippen LogP contribution in [0.3, 0.4) is 0 Å². The maximum Gasteiger partial charge on any atom is 0.417 e. The van der Waals surface area contributed by atoms with Crippen molar-refractivity contribution < 1.29 is 62.3 Å².